The third kappa shape index (κ3) is 4.28. The van der Waals surface area contributed by atoms with Gasteiger partial charge in [-0.2, -0.15) is 0 Å². The second-order valence-corrected chi connectivity index (χ2v) is 6.21. The van der Waals surface area contributed by atoms with E-state index >= 15 is 0 Å². The second-order valence-electron chi connectivity index (χ2n) is 6.21. The van der Waals surface area contributed by atoms with Gasteiger partial charge in [0.05, 0.1) is 6.04 Å². The van der Waals surface area contributed by atoms with Gasteiger partial charge in [-0.15, -0.1) is 0 Å². The van der Waals surface area contributed by atoms with Gasteiger partial charge in [0.25, 0.3) is 0 Å². The molecule has 0 spiro atoms. The maximum atomic E-state index is 12.9. The number of carbonyl (C=O) groups excluding carboxylic acids is 1. The molecule has 6 heteroatoms. The summed E-state index contributed by atoms with van der Waals surface area (Å²) >= 11 is 0. The quantitative estimate of drug-likeness (QED) is 0.896. The van der Waals surface area contributed by atoms with Crippen LogP contribution < -0.4 is 10.2 Å². The number of piperazine rings is 1. The van der Waals surface area contributed by atoms with E-state index in [-0.39, 0.29) is 23.5 Å². The number of nitrogens with zero attached hydrogens (tertiary/aromatic N) is 2. The van der Waals surface area contributed by atoms with Gasteiger partial charge in [-0.1, -0.05) is 0 Å². The molecule has 1 unspecified atom stereocenters. The lowest BCUT2D eigenvalue weighted by Gasteiger charge is -2.38. The maximum Gasteiger partial charge on any atom is 0.241 e. The first-order chi connectivity index (χ1) is 12.0. The molecule has 1 saturated heterocycles. The molecule has 0 aliphatic carbocycles. The molecule has 0 aromatic heterocycles. The molecule has 132 valence electrons. The number of halogens is 1. The Bertz CT molecular complexity index is 710. The van der Waals surface area contributed by atoms with Crippen LogP contribution >= 0.6 is 0 Å². The molecule has 5 nitrogen and oxygen atoms in total. The zero-order chi connectivity index (χ0) is 17.8. The molecule has 2 aromatic carbocycles. The van der Waals surface area contributed by atoms with Crippen molar-refractivity contribution in [2.24, 2.45) is 0 Å². The summed E-state index contributed by atoms with van der Waals surface area (Å²) in [6.45, 7) is 5.07. The van der Waals surface area contributed by atoms with Crippen LogP contribution in [0.1, 0.15) is 6.92 Å². The van der Waals surface area contributed by atoms with Crippen molar-refractivity contribution in [2.45, 2.75) is 13.0 Å². The van der Waals surface area contributed by atoms with Crippen molar-refractivity contribution in [2.75, 3.05) is 36.4 Å². The highest BCUT2D eigenvalue weighted by molar-refractivity contribution is 5.94. The molecule has 1 aliphatic heterocycles. The zero-order valence-electron chi connectivity index (χ0n) is 14.2. The summed E-state index contributed by atoms with van der Waals surface area (Å²) in [5.41, 5.74) is 1.67. The van der Waals surface area contributed by atoms with Gasteiger partial charge in [-0.05, 0) is 55.5 Å². The molecule has 0 saturated carbocycles. The lowest BCUT2D eigenvalue weighted by molar-refractivity contribution is -0.120. The summed E-state index contributed by atoms with van der Waals surface area (Å²) in [6.07, 6.45) is 0. The second kappa shape index (κ2) is 7.53. The van der Waals surface area contributed by atoms with E-state index in [2.05, 4.69) is 15.1 Å². The van der Waals surface area contributed by atoms with E-state index in [1.165, 1.54) is 12.1 Å². The van der Waals surface area contributed by atoms with Gasteiger partial charge >= 0.3 is 0 Å². The first-order valence-corrected chi connectivity index (χ1v) is 8.37. The molecule has 1 heterocycles. The van der Waals surface area contributed by atoms with Crippen LogP contribution in [0.4, 0.5) is 15.8 Å². The molecule has 1 amide bonds. The Morgan fingerprint density at radius 3 is 2.24 bits per heavy atom. The average molecular weight is 343 g/mol. The topological polar surface area (TPSA) is 55.8 Å². The highest BCUT2D eigenvalue weighted by Gasteiger charge is 2.25. The number of hydrogen-bond donors (Lipinski definition) is 2. The first kappa shape index (κ1) is 17.2. The standard InChI is InChI=1S/C19H22FN3O2/c1-14(19(25)21-16-4-2-15(20)3-5-16)22-10-12-23(13-11-22)17-6-8-18(24)9-7-17/h2-9,14,24H,10-13H2,1H3,(H,21,25). The highest BCUT2D eigenvalue weighted by Crippen LogP contribution is 2.20. The van der Waals surface area contributed by atoms with Gasteiger partial charge in [0.1, 0.15) is 11.6 Å². The average Bonchev–Trinajstić information content (AvgIpc) is 2.64. The summed E-state index contributed by atoms with van der Waals surface area (Å²) in [4.78, 5) is 16.8. The lowest BCUT2D eigenvalue weighted by Crippen LogP contribution is -2.52. The normalized spacial score (nSPS) is 16.5. The molecule has 0 bridgehead atoms. The Morgan fingerprint density at radius 1 is 1.04 bits per heavy atom. The molecule has 0 radical (unpaired) electrons. The van der Waals surface area contributed by atoms with E-state index < -0.39 is 0 Å². The lowest BCUT2D eigenvalue weighted by atomic mass is 10.2. The minimum Gasteiger partial charge on any atom is -0.508 e. The van der Waals surface area contributed by atoms with E-state index in [9.17, 15) is 14.3 Å². The Labute approximate surface area is 146 Å². The predicted octanol–water partition coefficient (Wildman–Crippen LogP) is 2.68. The molecule has 2 N–H and O–H groups in total. The summed E-state index contributed by atoms with van der Waals surface area (Å²) < 4.78 is 12.9. The summed E-state index contributed by atoms with van der Waals surface area (Å²) in [5.74, 6) is -0.158. The van der Waals surface area contributed by atoms with Crippen molar-refractivity contribution in [1.29, 1.82) is 0 Å². The van der Waals surface area contributed by atoms with Crippen LogP contribution in [0.5, 0.6) is 5.75 Å². The van der Waals surface area contributed by atoms with E-state index in [4.69, 9.17) is 0 Å². The number of carbonyl (C=O) groups is 1. The molecular formula is C19H22FN3O2. The van der Waals surface area contributed by atoms with Crippen molar-refractivity contribution in [3.63, 3.8) is 0 Å². The maximum absolute atomic E-state index is 12.9. The number of benzene rings is 2. The third-order valence-corrected chi connectivity index (χ3v) is 4.57. The number of rotatable bonds is 4. The number of phenolic OH excluding ortho intramolecular Hbond substituents is 1. The van der Waals surface area contributed by atoms with Crippen molar-refractivity contribution in [3.05, 3.63) is 54.3 Å². The number of hydrogen-bond acceptors (Lipinski definition) is 4. The molecule has 3 rings (SSSR count). The monoisotopic (exact) mass is 343 g/mol. The van der Waals surface area contributed by atoms with E-state index in [0.717, 1.165) is 31.9 Å². The Morgan fingerprint density at radius 2 is 1.64 bits per heavy atom. The van der Waals surface area contributed by atoms with Crippen LogP contribution in [0.2, 0.25) is 0 Å². The molecule has 1 fully saturated rings. The first-order valence-electron chi connectivity index (χ1n) is 8.37. The summed E-state index contributed by atoms with van der Waals surface area (Å²) in [5, 5.41) is 12.2. The number of aromatic hydroxyl groups is 1. The number of phenols is 1. The van der Waals surface area contributed by atoms with E-state index in [1.807, 2.05) is 19.1 Å². The molecule has 25 heavy (non-hydrogen) atoms. The summed E-state index contributed by atoms with van der Waals surface area (Å²) in [7, 11) is 0. The number of anilines is 2. The van der Waals surface area contributed by atoms with E-state index in [1.54, 1.807) is 24.3 Å². The van der Waals surface area contributed by atoms with Gasteiger partial charge < -0.3 is 15.3 Å². The van der Waals surface area contributed by atoms with Gasteiger partial charge in [0.2, 0.25) is 5.91 Å². The fraction of sp³-hybridized carbons (Fsp3) is 0.316. The minimum absolute atomic E-state index is 0.0929. The van der Waals surface area contributed by atoms with E-state index in [0.29, 0.717) is 5.69 Å². The van der Waals surface area contributed by atoms with Crippen LogP contribution in [-0.2, 0) is 4.79 Å². The summed E-state index contributed by atoms with van der Waals surface area (Å²) in [6, 6.07) is 12.7. The molecular weight excluding hydrogens is 321 g/mol. The zero-order valence-corrected chi connectivity index (χ0v) is 14.2. The van der Waals surface area contributed by atoms with Crippen LogP contribution in [0.3, 0.4) is 0 Å². The Balaban J connectivity index is 1.53. The van der Waals surface area contributed by atoms with Crippen LogP contribution in [-0.4, -0.2) is 48.1 Å². The van der Waals surface area contributed by atoms with Crippen molar-refractivity contribution in [1.82, 2.24) is 4.90 Å². The van der Waals surface area contributed by atoms with Gasteiger partial charge in [0.15, 0.2) is 0 Å². The number of amides is 1. The Hall–Kier alpha value is -2.60. The molecule has 1 aliphatic rings. The SMILES string of the molecule is CC(C(=O)Nc1ccc(F)cc1)N1CCN(c2ccc(O)cc2)CC1. The van der Waals surface area contributed by atoms with Crippen molar-refractivity contribution in [3.8, 4) is 5.75 Å². The van der Waals surface area contributed by atoms with Crippen LogP contribution in [0.25, 0.3) is 0 Å². The fourth-order valence-electron chi connectivity index (χ4n) is 2.98. The predicted molar refractivity (Wildman–Crippen MR) is 96.4 cm³/mol. The largest absolute Gasteiger partial charge is 0.508 e. The van der Waals surface area contributed by atoms with Crippen LogP contribution in [0.15, 0.2) is 48.5 Å². The molecule has 1 atom stereocenters. The number of nitrogens with one attached hydrogen (secondary N) is 1. The smallest absolute Gasteiger partial charge is 0.241 e. The van der Waals surface area contributed by atoms with Crippen molar-refractivity contribution < 1.29 is 14.3 Å². The minimum atomic E-state index is -0.323. The highest BCUT2D eigenvalue weighted by atomic mass is 19.1. The van der Waals surface area contributed by atoms with Gasteiger partial charge in [-0.25, -0.2) is 4.39 Å². The fourth-order valence-corrected chi connectivity index (χ4v) is 2.98. The molecule has 2 aromatic rings. The van der Waals surface area contributed by atoms with Crippen molar-refractivity contribution >= 4 is 17.3 Å². The van der Waals surface area contributed by atoms with Crippen LogP contribution in [0, 0.1) is 5.82 Å². The van der Waals surface area contributed by atoms with Gasteiger partial charge in [-0.3, -0.25) is 9.69 Å². The Kier molecular flexibility index (Phi) is 5.19. The van der Waals surface area contributed by atoms with Gasteiger partial charge in [0, 0.05) is 37.6 Å². The third-order valence-electron chi connectivity index (χ3n) is 4.57.